The van der Waals surface area contributed by atoms with Crippen molar-refractivity contribution in [1.29, 1.82) is 0 Å². The van der Waals surface area contributed by atoms with Crippen molar-refractivity contribution in [2.75, 3.05) is 26.7 Å². The fraction of sp³-hybridized carbons (Fsp3) is 0.524. The van der Waals surface area contributed by atoms with Gasteiger partial charge in [-0.15, -0.1) is 10.2 Å². The average Bonchev–Trinajstić information content (AvgIpc) is 3.17. The first-order valence-corrected chi connectivity index (χ1v) is 10.1. The third-order valence-electron chi connectivity index (χ3n) is 5.09. The highest BCUT2D eigenvalue weighted by molar-refractivity contribution is 5.88. The number of benzene rings is 1. The second-order valence-electron chi connectivity index (χ2n) is 7.85. The maximum Gasteiger partial charge on any atom is 0.247 e. The van der Waals surface area contributed by atoms with E-state index in [4.69, 9.17) is 4.42 Å². The summed E-state index contributed by atoms with van der Waals surface area (Å²) in [5.74, 6) is 1.14. The van der Waals surface area contributed by atoms with Crippen LogP contribution in [0.1, 0.15) is 32.6 Å². The van der Waals surface area contributed by atoms with Gasteiger partial charge in [-0.1, -0.05) is 32.0 Å². The van der Waals surface area contributed by atoms with Crippen LogP contribution in [-0.2, 0) is 16.1 Å². The van der Waals surface area contributed by atoms with Gasteiger partial charge < -0.3 is 14.6 Å². The molecular weight excluding hydrogens is 370 g/mol. The molecule has 0 bridgehead atoms. The molecule has 2 aromatic rings. The number of hydrogen-bond donors (Lipinski definition) is 1. The molecule has 29 heavy (non-hydrogen) atoms. The molecule has 1 aliphatic rings. The summed E-state index contributed by atoms with van der Waals surface area (Å²) < 4.78 is 5.68. The van der Waals surface area contributed by atoms with Gasteiger partial charge in [0.1, 0.15) is 0 Å². The summed E-state index contributed by atoms with van der Waals surface area (Å²) in [7, 11) is 1.69. The minimum absolute atomic E-state index is 0.0779. The molecule has 2 heterocycles. The van der Waals surface area contributed by atoms with Crippen LogP contribution in [0.25, 0.3) is 11.5 Å². The van der Waals surface area contributed by atoms with Gasteiger partial charge in [-0.05, 0) is 31.0 Å². The van der Waals surface area contributed by atoms with Gasteiger partial charge in [-0.3, -0.25) is 14.5 Å². The van der Waals surface area contributed by atoms with E-state index in [-0.39, 0.29) is 24.8 Å². The molecule has 1 saturated heterocycles. The molecule has 1 aromatic heterocycles. The van der Waals surface area contributed by atoms with Crippen molar-refractivity contribution in [3.8, 4) is 11.5 Å². The van der Waals surface area contributed by atoms with Crippen molar-refractivity contribution in [3.05, 3.63) is 36.2 Å². The lowest BCUT2D eigenvalue weighted by Gasteiger charge is -2.35. The summed E-state index contributed by atoms with van der Waals surface area (Å²) in [6, 6.07) is 9.06. The lowest BCUT2D eigenvalue weighted by Crippen LogP contribution is -2.56. The quantitative estimate of drug-likeness (QED) is 0.729. The number of nitrogens with one attached hydrogen (secondary N) is 1. The average molecular weight is 399 g/mol. The second-order valence-corrected chi connectivity index (χ2v) is 7.85. The Bertz CT molecular complexity index is 821. The minimum atomic E-state index is -0.431. The van der Waals surface area contributed by atoms with E-state index in [1.807, 2.05) is 30.3 Å². The molecule has 1 aromatic carbocycles. The van der Waals surface area contributed by atoms with Gasteiger partial charge >= 0.3 is 0 Å². The molecule has 0 radical (unpaired) electrons. The fourth-order valence-corrected chi connectivity index (χ4v) is 3.30. The Balaban J connectivity index is 1.59. The number of carbonyl (C=O) groups excluding carboxylic acids is 2. The lowest BCUT2D eigenvalue weighted by molar-refractivity contribution is -0.138. The van der Waals surface area contributed by atoms with E-state index in [0.29, 0.717) is 24.2 Å². The molecule has 1 atom stereocenters. The van der Waals surface area contributed by atoms with Gasteiger partial charge in [0.15, 0.2) is 0 Å². The van der Waals surface area contributed by atoms with Crippen molar-refractivity contribution < 1.29 is 14.0 Å². The van der Waals surface area contributed by atoms with Gasteiger partial charge in [-0.2, -0.15) is 0 Å². The van der Waals surface area contributed by atoms with Crippen LogP contribution in [0, 0.1) is 5.92 Å². The summed E-state index contributed by atoms with van der Waals surface area (Å²) in [6.07, 6.45) is 1.14. The minimum Gasteiger partial charge on any atom is -0.419 e. The van der Waals surface area contributed by atoms with Crippen molar-refractivity contribution in [2.24, 2.45) is 5.92 Å². The fourth-order valence-electron chi connectivity index (χ4n) is 3.30. The van der Waals surface area contributed by atoms with E-state index in [0.717, 1.165) is 25.1 Å². The van der Waals surface area contributed by atoms with Crippen LogP contribution in [0.2, 0.25) is 0 Å². The Kier molecular flexibility index (Phi) is 6.98. The standard InChI is InChI=1S/C21H29N5O3/c1-15(2)9-11-26-12-10-22-20(28)17(26)13-19(27)25(3)14-18-23-24-21(29-18)16-7-5-4-6-8-16/h4-8,15,17H,9-14H2,1-3H3,(H,22,28). The number of hydrogen-bond acceptors (Lipinski definition) is 6. The Morgan fingerprint density at radius 3 is 2.79 bits per heavy atom. The van der Waals surface area contributed by atoms with Crippen LogP contribution in [0.4, 0.5) is 0 Å². The summed E-state index contributed by atoms with van der Waals surface area (Å²) in [5, 5.41) is 11.0. The summed E-state index contributed by atoms with van der Waals surface area (Å²) in [5.41, 5.74) is 0.833. The molecular formula is C21H29N5O3. The third-order valence-corrected chi connectivity index (χ3v) is 5.09. The van der Waals surface area contributed by atoms with Gasteiger partial charge in [0.2, 0.25) is 23.6 Å². The first kappa shape index (κ1) is 21.0. The normalized spacial score (nSPS) is 17.4. The van der Waals surface area contributed by atoms with Crippen LogP contribution in [0.15, 0.2) is 34.7 Å². The van der Waals surface area contributed by atoms with Crippen LogP contribution >= 0.6 is 0 Å². The SMILES string of the molecule is CC(C)CCN1CCNC(=O)C1CC(=O)N(C)Cc1nnc(-c2ccccc2)o1. The van der Waals surface area contributed by atoms with Crippen LogP contribution < -0.4 is 5.32 Å². The Hall–Kier alpha value is -2.74. The highest BCUT2D eigenvalue weighted by Crippen LogP contribution is 2.18. The Morgan fingerprint density at radius 1 is 1.31 bits per heavy atom. The zero-order valence-corrected chi connectivity index (χ0v) is 17.3. The zero-order chi connectivity index (χ0) is 20.8. The van der Waals surface area contributed by atoms with E-state index in [9.17, 15) is 9.59 Å². The molecule has 0 aliphatic carbocycles. The van der Waals surface area contributed by atoms with Crippen LogP contribution in [0.3, 0.4) is 0 Å². The third kappa shape index (κ3) is 5.63. The van der Waals surface area contributed by atoms with Crippen LogP contribution in [-0.4, -0.2) is 64.5 Å². The van der Waals surface area contributed by atoms with Gasteiger partial charge in [0, 0.05) is 25.7 Å². The number of rotatable bonds is 8. The molecule has 0 saturated carbocycles. The van der Waals surface area contributed by atoms with Crippen molar-refractivity contribution in [3.63, 3.8) is 0 Å². The molecule has 8 heteroatoms. The van der Waals surface area contributed by atoms with Crippen molar-refractivity contribution in [1.82, 2.24) is 25.3 Å². The highest BCUT2D eigenvalue weighted by atomic mass is 16.4. The molecule has 3 rings (SSSR count). The molecule has 1 aliphatic heterocycles. The number of piperazine rings is 1. The van der Waals surface area contributed by atoms with E-state index in [2.05, 4.69) is 34.3 Å². The van der Waals surface area contributed by atoms with Gasteiger partial charge in [-0.25, -0.2) is 0 Å². The topological polar surface area (TPSA) is 91.6 Å². The summed E-state index contributed by atoms with van der Waals surface area (Å²) in [6.45, 7) is 6.74. The number of nitrogens with zero attached hydrogens (tertiary/aromatic N) is 4. The predicted octanol–water partition coefficient (Wildman–Crippen LogP) is 1.93. The van der Waals surface area contributed by atoms with Crippen LogP contribution in [0.5, 0.6) is 0 Å². The molecule has 1 N–H and O–H groups in total. The molecule has 156 valence electrons. The maximum absolute atomic E-state index is 12.8. The Labute approximate surface area is 171 Å². The first-order valence-electron chi connectivity index (χ1n) is 10.1. The monoisotopic (exact) mass is 399 g/mol. The van der Waals surface area contributed by atoms with Crippen molar-refractivity contribution in [2.45, 2.75) is 39.3 Å². The number of amides is 2. The molecule has 8 nitrogen and oxygen atoms in total. The number of carbonyl (C=O) groups is 2. The van der Waals surface area contributed by atoms with E-state index >= 15 is 0 Å². The molecule has 0 spiro atoms. The van der Waals surface area contributed by atoms with E-state index in [1.165, 1.54) is 4.90 Å². The second kappa shape index (κ2) is 9.65. The summed E-state index contributed by atoms with van der Waals surface area (Å²) >= 11 is 0. The lowest BCUT2D eigenvalue weighted by atomic mass is 10.1. The smallest absolute Gasteiger partial charge is 0.247 e. The summed E-state index contributed by atoms with van der Waals surface area (Å²) in [4.78, 5) is 28.8. The maximum atomic E-state index is 12.8. The zero-order valence-electron chi connectivity index (χ0n) is 17.3. The van der Waals surface area contributed by atoms with Gasteiger partial charge in [0.25, 0.3) is 0 Å². The van der Waals surface area contributed by atoms with Gasteiger partial charge in [0.05, 0.1) is 19.0 Å². The van der Waals surface area contributed by atoms with Crippen molar-refractivity contribution >= 4 is 11.8 Å². The highest BCUT2D eigenvalue weighted by Gasteiger charge is 2.32. The molecule has 1 fully saturated rings. The molecule has 1 unspecified atom stereocenters. The number of aromatic nitrogens is 2. The largest absolute Gasteiger partial charge is 0.419 e. The first-order chi connectivity index (χ1) is 13.9. The Morgan fingerprint density at radius 2 is 2.07 bits per heavy atom. The van der Waals surface area contributed by atoms with E-state index < -0.39 is 6.04 Å². The molecule has 2 amide bonds. The predicted molar refractivity (Wildman–Crippen MR) is 109 cm³/mol. The van der Waals surface area contributed by atoms with E-state index in [1.54, 1.807) is 7.05 Å².